The van der Waals surface area contributed by atoms with Gasteiger partial charge in [-0.1, -0.05) is 49.2 Å². The summed E-state index contributed by atoms with van der Waals surface area (Å²) in [4.78, 5) is 35.3. The molecule has 3 N–H and O–H groups in total. The van der Waals surface area contributed by atoms with Gasteiger partial charge in [0.2, 0.25) is 11.8 Å². The van der Waals surface area contributed by atoms with Crippen molar-refractivity contribution in [2.75, 3.05) is 19.8 Å². The summed E-state index contributed by atoms with van der Waals surface area (Å²) in [6, 6.07) is 13.7. The molecule has 3 aromatic rings. The summed E-state index contributed by atoms with van der Waals surface area (Å²) in [6.45, 7) is 5.58. The summed E-state index contributed by atoms with van der Waals surface area (Å²) in [5.74, 6) is 1.16. The van der Waals surface area contributed by atoms with E-state index in [-0.39, 0.29) is 29.1 Å². The largest absolute Gasteiger partial charge is 0.380 e. The average Bonchev–Trinajstić information content (AvgIpc) is 3.30. The molecule has 212 valence electrons. The molecule has 0 bridgehead atoms. The minimum absolute atomic E-state index is 0.0966. The number of benzene rings is 2. The van der Waals surface area contributed by atoms with Crippen molar-refractivity contribution < 1.29 is 14.3 Å². The first-order valence-corrected chi connectivity index (χ1v) is 15.1. The van der Waals surface area contributed by atoms with E-state index in [1.165, 1.54) is 18.4 Å². The third kappa shape index (κ3) is 5.03. The topological polar surface area (TPSA) is 96.1 Å². The van der Waals surface area contributed by atoms with Crippen LogP contribution in [-0.4, -0.2) is 47.6 Å². The Hall–Kier alpha value is -2.90. The van der Waals surface area contributed by atoms with Gasteiger partial charge in [-0.15, -0.1) is 0 Å². The predicted molar refractivity (Wildman–Crippen MR) is 156 cm³/mol. The summed E-state index contributed by atoms with van der Waals surface area (Å²) in [5, 5.41) is 6.86. The maximum atomic E-state index is 13.9. The van der Waals surface area contributed by atoms with Gasteiger partial charge in [0, 0.05) is 24.6 Å². The maximum Gasteiger partial charge on any atom is 0.242 e. The number of aromatic nitrogens is 2. The zero-order chi connectivity index (χ0) is 27.9. The van der Waals surface area contributed by atoms with Gasteiger partial charge in [0.15, 0.2) is 0 Å². The van der Waals surface area contributed by atoms with Crippen LogP contribution in [-0.2, 0) is 26.2 Å². The van der Waals surface area contributed by atoms with Gasteiger partial charge < -0.3 is 20.4 Å². The minimum Gasteiger partial charge on any atom is -0.380 e. The molecule has 8 heteroatoms. The van der Waals surface area contributed by atoms with Crippen LogP contribution in [0.25, 0.3) is 11.0 Å². The maximum absolute atomic E-state index is 13.9. The third-order valence-electron chi connectivity index (χ3n) is 9.64. The van der Waals surface area contributed by atoms with Gasteiger partial charge >= 0.3 is 0 Å². The lowest BCUT2D eigenvalue weighted by Gasteiger charge is -2.36. The first-order valence-electron chi connectivity index (χ1n) is 14.7. The molecule has 3 atom stereocenters. The molecular weight excluding hydrogens is 524 g/mol. The second-order valence-corrected chi connectivity index (χ2v) is 12.7. The van der Waals surface area contributed by atoms with Crippen LogP contribution in [0.4, 0.5) is 0 Å². The van der Waals surface area contributed by atoms with E-state index in [1.807, 2.05) is 37.3 Å². The number of carbonyl (C=O) groups is 2. The molecule has 3 unspecified atom stereocenters. The van der Waals surface area contributed by atoms with Crippen molar-refractivity contribution in [3.8, 4) is 0 Å². The van der Waals surface area contributed by atoms with Crippen LogP contribution in [0.1, 0.15) is 75.2 Å². The second-order valence-electron chi connectivity index (χ2n) is 12.3. The lowest BCUT2D eigenvalue weighted by Crippen LogP contribution is -2.57. The number of ether oxygens (including phenoxy) is 1. The molecule has 1 aromatic heterocycles. The number of imidazole rings is 1. The molecule has 3 aliphatic rings. The first-order chi connectivity index (χ1) is 19.3. The normalized spacial score (nSPS) is 23.4. The highest BCUT2D eigenvalue weighted by molar-refractivity contribution is 6.31. The molecule has 0 spiro atoms. The van der Waals surface area contributed by atoms with E-state index >= 15 is 0 Å². The van der Waals surface area contributed by atoms with Crippen molar-refractivity contribution in [3.05, 3.63) is 64.4 Å². The second kappa shape index (κ2) is 10.8. The van der Waals surface area contributed by atoms with E-state index in [0.29, 0.717) is 26.2 Å². The van der Waals surface area contributed by atoms with Crippen LogP contribution >= 0.6 is 11.6 Å². The number of likely N-dealkylation sites (N-methyl/N-ethyl adjacent to an activating group) is 1. The van der Waals surface area contributed by atoms with Gasteiger partial charge in [0.25, 0.3) is 0 Å². The molecule has 2 saturated carbocycles. The molecule has 40 heavy (non-hydrogen) atoms. The van der Waals surface area contributed by atoms with Crippen LogP contribution < -0.4 is 10.6 Å². The molecule has 1 aliphatic heterocycles. The van der Waals surface area contributed by atoms with E-state index in [2.05, 4.69) is 34.7 Å². The monoisotopic (exact) mass is 562 g/mol. The van der Waals surface area contributed by atoms with E-state index in [4.69, 9.17) is 21.3 Å². The number of hydrogen-bond acceptors (Lipinski definition) is 4. The van der Waals surface area contributed by atoms with Crippen LogP contribution in [0, 0.1) is 11.3 Å². The number of nitrogens with zero attached hydrogens (tertiary/aromatic N) is 1. The molecule has 2 amide bonds. The Bertz CT molecular complexity index is 1400. The van der Waals surface area contributed by atoms with Gasteiger partial charge in [0.05, 0.1) is 23.1 Å². The molecule has 6 rings (SSSR count). The number of amides is 2. The Morgan fingerprint density at radius 2 is 1.98 bits per heavy atom. The molecule has 1 saturated heterocycles. The number of halogens is 1. The lowest BCUT2D eigenvalue weighted by molar-refractivity contribution is -0.134. The van der Waals surface area contributed by atoms with Gasteiger partial charge in [-0.05, 0) is 85.6 Å². The molecule has 3 fully saturated rings. The number of H-pyrrole nitrogens is 1. The standard InChI is InChI=1S/C32H39ClN4O3/c1-3-34-29(38)28(20-7-6-8-20)37-30(39)32(15-16-40-19-32)21-11-12-25-26(17-21)36-27(35-25)18-23(31(2)13-14-31)22-9-4-5-10-24(22)33/h4-5,9-12,17,20,23,28H,3,6-8,13-16,18-19H2,1-2H3,(H,34,38)(H,35,36)(H,37,39). The fourth-order valence-electron chi connectivity index (χ4n) is 6.52. The molecule has 2 aromatic carbocycles. The lowest BCUT2D eigenvalue weighted by atomic mass is 9.76. The Labute approximate surface area is 240 Å². The number of carbonyl (C=O) groups excluding carboxylic acids is 2. The quantitative estimate of drug-likeness (QED) is 0.307. The van der Waals surface area contributed by atoms with Crippen LogP contribution in [0.15, 0.2) is 42.5 Å². The fraction of sp³-hybridized carbons (Fsp3) is 0.531. The van der Waals surface area contributed by atoms with E-state index in [9.17, 15) is 9.59 Å². The number of hydrogen-bond donors (Lipinski definition) is 3. The highest BCUT2D eigenvalue weighted by Gasteiger charge is 2.47. The summed E-state index contributed by atoms with van der Waals surface area (Å²) in [5.41, 5.74) is 3.24. The summed E-state index contributed by atoms with van der Waals surface area (Å²) < 4.78 is 5.80. The Morgan fingerprint density at radius 1 is 1.18 bits per heavy atom. The Morgan fingerprint density at radius 3 is 2.62 bits per heavy atom. The molecule has 2 aliphatic carbocycles. The van der Waals surface area contributed by atoms with Gasteiger partial charge in [-0.25, -0.2) is 4.98 Å². The Balaban J connectivity index is 1.27. The van der Waals surface area contributed by atoms with Gasteiger partial charge in [0.1, 0.15) is 11.9 Å². The van der Waals surface area contributed by atoms with Crippen LogP contribution in [0.2, 0.25) is 5.02 Å². The summed E-state index contributed by atoms with van der Waals surface area (Å²) >= 11 is 6.64. The zero-order valence-corrected chi connectivity index (χ0v) is 24.2. The molecule has 7 nitrogen and oxygen atoms in total. The highest BCUT2D eigenvalue weighted by atomic mass is 35.5. The van der Waals surface area contributed by atoms with Crippen molar-refractivity contribution in [2.24, 2.45) is 11.3 Å². The first kappa shape index (κ1) is 27.3. The van der Waals surface area contributed by atoms with Gasteiger partial charge in [-0.2, -0.15) is 0 Å². The number of rotatable bonds is 10. The molecule has 0 radical (unpaired) electrons. The van der Waals surface area contributed by atoms with Crippen molar-refractivity contribution in [2.45, 2.75) is 76.2 Å². The minimum atomic E-state index is -0.838. The Kier molecular flexibility index (Phi) is 7.38. The number of fused-ring (bicyclic) bond motifs is 1. The molecule has 2 heterocycles. The van der Waals surface area contributed by atoms with E-state index < -0.39 is 11.5 Å². The van der Waals surface area contributed by atoms with E-state index in [1.54, 1.807) is 0 Å². The summed E-state index contributed by atoms with van der Waals surface area (Å²) in [6.07, 6.45) is 6.73. The van der Waals surface area contributed by atoms with Gasteiger partial charge in [-0.3, -0.25) is 9.59 Å². The highest BCUT2D eigenvalue weighted by Crippen LogP contribution is 2.57. The van der Waals surface area contributed by atoms with Crippen molar-refractivity contribution in [1.82, 2.24) is 20.6 Å². The van der Waals surface area contributed by atoms with Crippen molar-refractivity contribution in [1.29, 1.82) is 0 Å². The van der Waals surface area contributed by atoms with Crippen LogP contribution in [0.5, 0.6) is 0 Å². The van der Waals surface area contributed by atoms with Crippen molar-refractivity contribution >= 4 is 34.4 Å². The number of aromatic amines is 1. The van der Waals surface area contributed by atoms with E-state index in [0.717, 1.165) is 53.1 Å². The summed E-state index contributed by atoms with van der Waals surface area (Å²) in [7, 11) is 0. The van der Waals surface area contributed by atoms with Crippen LogP contribution in [0.3, 0.4) is 0 Å². The third-order valence-corrected chi connectivity index (χ3v) is 9.98. The SMILES string of the molecule is CCNC(=O)C(NC(=O)C1(c2ccc3nc(CC(c4ccccc4Cl)C4(C)CC4)[nH]c3c2)CCOC1)C1CCC1. The fourth-order valence-corrected chi connectivity index (χ4v) is 6.79. The number of nitrogens with one attached hydrogen (secondary N) is 3. The predicted octanol–water partition coefficient (Wildman–Crippen LogP) is 5.42. The van der Waals surface area contributed by atoms with Crippen molar-refractivity contribution in [3.63, 3.8) is 0 Å². The average molecular weight is 563 g/mol. The zero-order valence-electron chi connectivity index (χ0n) is 23.4. The smallest absolute Gasteiger partial charge is 0.242 e. The molecular formula is C32H39ClN4O3.